The summed E-state index contributed by atoms with van der Waals surface area (Å²) >= 11 is 17.3. The van der Waals surface area contributed by atoms with Crippen LogP contribution < -0.4 is 10.6 Å². The Labute approximate surface area is 139 Å². The van der Waals surface area contributed by atoms with E-state index in [2.05, 4.69) is 15.7 Å². The molecular weight excluding hydrogens is 327 g/mol. The van der Waals surface area contributed by atoms with Crippen molar-refractivity contribution in [3.8, 4) is 0 Å². The second kappa shape index (κ2) is 6.64. The van der Waals surface area contributed by atoms with Crippen LogP contribution in [0.5, 0.6) is 0 Å². The van der Waals surface area contributed by atoms with E-state index >= 15 is 0 Å². The third-order valence-corrected chi connectivity index (χ3v) is 4.03. The van der Waals surface area contributed by atoms with E-state index in [1.807, 2.05) is 31.8 Å². The molecule has 0 aliphatic rings. The second-order valence-corrected chi connectivity index (χ2v) is 6.01. The number of anilines is 1. The van der Waals surface area contributed by atoms with Crippen LogP contribution in [-0.2, 0) is 7.05 Å². The minimum absolute atomic E-state index is 0.0461. The van der Waals surface area contributed by atoms with Gasteiger partial charge >= 0.3 is 0 Å². The van der Waals surface area contributed by atoms with Gasteiger partial charge in [0, 0.05) is 23.3 Å². The number of hydrogen-bond acceptors (Lipinski definition) is 2. The molecule has 21 heavy (non-hydrogen) atoms. The van der Waals surface area contributed by atoms with Crippen LogP contribution >= 0.6 is 35.4 Å². The predicted molar refractivity (Wildman–Crippen MR) is 92.2 cm³/mol. The van der Waals surface area contributed by atoms with Gasteiger partial charge in [-0.15, -0.1) is 0 Å². The lowest BCUT2D eigenvalue weighted by atomic mass is 10.1. The Morgan fingerprint density at radius 1 is 1.38 bits per heavy atom. The van der Waals surface area contributed by atoms with Crippen molar-refractivity contribution in [1.82, 2.24) is 15.1 Å². The molecule has 0 saturated heterocycles. The molecule has 0 saturated carbocycles. The van der Waals surface area contributed by atoms with Gasteiger partial charge in [0.2, 0.25) is 0 Å². The van der Waals surface area contributed by atoms with Crippen LogP contribution in [0.3, 0.4) is 0 Å². The zero-order valence-corrected chi connectivity index (χ0v) is 14.3. The van der Waals surface area contributed by atoms with Gasteiger partial charge in [-0.3, -0.25) is 4.68 Å². The number of nitrogens with one attached hydrogen (secondary N) is 2. The van der Waals surface area contributed by atoms with E-state index in [1.165, 1.54) is 0 Å². The van der Waals surface area contributed by atoms with E-state index in [1.54, 1.807) is 18.2 Å². The fourth-order valence-corrected chi connectivity index (χ4v) is 2.71. The summed E-state index contributed by atoms with van der Waals surface area (Å²) in [6, 6.07) is 5.26. The maximum absolute atomic E-state index is 6.11. The molecule has 0 amide bonds. The highest BCUT2D eigenvalue weighted by atomic mass is 35.5. The minimum Gasteiger partial charge on any atom is -0.356 e. The van der Waals surface area contributed by atoms with Crippen LogP contribution in [-0.4, -0.2) is 14.9 Å². The molecule has 7 heteroatoms. The highest BCUT2D eigenvalue weighted by molar-refractivity contribution is 7.80. The molecule has 0 radical (unpaired) electrons. The van der Waals surface area contributed by atoms with E-state index in [4.69, 9.17) is 35.4 Å². The average Bonchev–Trinajstić information content (AvgIpc) is 2.73. The van der Waals surface area contributed by atoms with E-state index in [0.29, 0.717) is 20.8 Å². The first kappa shape index (κ1) is 16.1. The van der Waals surface area contributed by atoms with Crippen LogP contribution in [0.25, 0.3) is 0 Å². The maximum Gasteiger partial charge on any atom is 0.171 e. The van der Waals surface area contributed by atoms with E-state index in [9.17, 15) is 0 Å². The predicted octanol–water partition coefficient (Wildman–Crippen LogP) is 4.08. The fourth-order valence-electron chi connectivity index (χ4n) is 1.96. The number of benzene rings is 1. The number of halogens is 2. The summed E-state index contributed by atoms with van der Waals surface area (Å²) in [6.45, 7) is 4.05. The molecular formula is C14H16Cl2N4S. The van der Waals surface area contributed by atoms with Crippen molar-refractivity contribution >= 4 is 46.2 Å². The first-order valence-corrected chi connectivity index (χ1v) is 7.56. The Kier molecular flexibility index (Phi) is 5.08. The third-order valence-electron chi connectivity index (χ3n) is 3.27. The summed E-state index contributed by atoms with van der Waals surface area (Å²) < 4.78 is 1.83. The molecule has 1 atom stereocenters. The van der Waals surface area contributed by atoms with Gasteiger partial charge in [0.25, 0.3) is 0 Å². The van der Waals surface area contributed by atoms with E-state index in [-0.39, 0.29) is 6.04 Å². The fraction of sp³-hybridized carbons (Fsp3) is 0.286. The van der Waals surface area contributed by atoms with E-state index < -0.39 is 0 Å². The zero-order valence-electron chi connectivity index (χ0n) is 11.9. The van der Waals surface area contributed by atoms with Crippen molar-refractivity contribution in [3.05, 3.63) is 45.7 Å². The lowest BCUT2D eigenvalue weighted by Gasteiger charge is -2.17. The molecule has 0 fully saturated rings. The molecule has 0 aliphatic heterocycles. The van der Waals surface area contributed by atoms with Gasteiger partial charge in [-0.25, -0.2) is 0 Å². The number of rotatable bonds is 3. The number of hydrogen-bond donors (Lipinski definition) is 2. The highest BCUT2D eigenvalue weighted by Gasteiger charge is 2.13. The molecule has 1 aromatic carbocycles. The summed E-state index contributed by atoms with van der Waals surface area (Å²) in [7, 11) is 1.91. The van der Waals surface area contributed by atoms with Gasteiger partial charge in [-0.05, 0) is 44.3 Å². The van der Waals surface area contributed by atoms with Crippen LogP contribution in [0.4, 0.5) is 5.69 Å². The SMILES string of the molecule is Cc1c(C(C)NC(=S)Nc2ccc(Cl)cc2Cl)cnn1C. The summed E-state index contributed by atoms with van der Waals surface area (Å²) in [6.07, 6.45) is 1.84. The van der Waals surface area contributed by atoms with Crippen molar-refractivity contribution in [2.24, 2.45) is 7.05 Å². The van der Waals surface area contributed by atoms with Gasteiger partial charge in [0.05, 0.1) is 22.9 Å². The number of thiocarbonyl (C=S) groups is 1. The van der Waals surface area contributed by atoms with Crippen molar-refractivity contribution in [2.75, 3.05) is 5.32 Å². The Balaban J connectivity index is 2.03. The first-order chi connectivity index (χ1) is 9.88. The monoisotopic (exact) mass is 342 g/mol. The van der Waals surface area contributed by atoms with Crippen molar-refractivity contribution < 1.29 is 0 Å². The Morgan fingerprint density at radius 2 is 2.10 bits per heavy atom. The molecule has 1 heterocycles. The van der Waals surface area contributed by atoms with Crippen LogP contribution in [0, 0.1) is 6.92 Å². The Bertz CT molecular complexity index is 669. The Hall–Kier alpha value is -1.30. The quantitative estimate of drug-likeness (QED) is 0.824. The molecule has 0 bridgehead atoms. The Morgan fingerprint density at radius 3 is 2.67 bits per heavy atom. The largest absolute Gasteiger partial charge is 0.356 e. The van der Waals surface area contributed by atoms with Gasteiger partial charge < -0.3 is 10.6 Å². The molecule has 0 spiro atoms. The first-order valence-electron chi connectivity index (χ1n) is 6.39. The smallest absolute Gasteiger partial charge is 0.171 e. The van der Waals surface area contributed by atoms with Crippen molar-refractivity contribution in [3.63, 3.8) is 0 Å². The molecule has 112 valence electrons. The lowest BCUT2D eigenvalue weighted by molar-refractivity contribution is 0.701. The molecule has 1 unspecified atom stereocenters. The number of aromatic nitrogens is 2. The molecule has 2 aromatic rings. The zero-order chi connectivity index (χ0) is 15.6. The van der Waals surface area contributed by atoms with Crippen LogP contribution in [0.2, 0.25) is 10.0 Å². The van der Waals surface area contributed by atoms with Crippen molar-refractivity contribution in [2.45, 2.75) is 19.9 Å². The average molecular weight is 343 g/mol. The summed E-state index contributed by atoms with van der Waals surface area (Å²) in [5.74, 6) is 0. The van der Waals surface area contributed by atoms with Gasteiger partial charge in [0.1, 0.15) is 0 Å². The van der Waals surface area contributed by atoms with Gasteiger partial charge in [-0.2, -0.15) is 5.10 Å². The molecule has 4 nitrogen and oxygen atoms in total. The number of nitrogens with zero attached hydrogens (tertiary/aromatic N) is 2. The number of aryl methyl sites for hydroxylation is 1. The normalized spacial score (nSPS) is 12.0. The summed E-state index contributed by atoms with van der Waals surface area (Å²) in [5.41, 5.74) is 2.92. The standard InChI is InChI=1S/C14H16Cl2N4S/c1-8(11-7-17-20(3)9(11)2)18-14(21)19-13-5-4-10(15)6-12(13)16/h4-8H,1-3H3,(H2,18,19,21). The maximum atomic E-state index is 6.11. The van der Waals surface area contributed by atoms with Gasteiger partial charge in [0.15, 0.2) is 5.11 Å². The second-order valence-electron chi connectivity index (χ2n) is 4.75. The molecule has 2 rings (SSSR count). The van der Waals surface area contributed by atoms with Crippen molar-refractivity contribution in [1.29, 1.82) is 0 Å². The van der Waals surface area contributed by atoms with Crippen LogP contribution in [0.15, 0.2) is 24.4 Å². The minimum atomic E-state index is 0.0461. The third kappa shape index (κ3) is 3.87. The lowest BCUT2D eigenvalue weighted by Crippen LogP contribution is -2.31. The van der Waals surface area contributed by atoms with E-state index in [0.717, 1.165) is 11.3 Å². The van der Waals surface area contributed by atoms with Crippen LogP contribution in [0.1, 0.15) is 24.2 Å². The molecule has 1 aromatic heterocycles. The molecule has 0 aliphatic carbocycles. The van der Waals surface area contributed by atoms with Gasteiger partial charge in [-0.1, -0.05) is 23.2 Å². The summed E-state index contributed by atoms with van der Waals surface area (Å²) in [5, 5.41) is 12.1. The topological polar surface area (TPSA) is 41.9 Å². The summed E-state index contributed by atoms with van der Waals surface area (Å²) in [4.78, 5) is 0. The highest BCUT2D eigenvalue weighted by Crippen LogP contribution is 2.25. The molecule has 2 N–H and O–H groups in total.